The van der Waals surface area contributed by atoms with Gasteiger partial charge < -0.3 is 10.2 Å². The lowest BCUT2D eigenvalue weighted by Crippen LogP contribution is -3.12. The third-order valence-corrected chi connectivity index (χ3v) is 3.27. The summed E-state index contributed by atoms with van der Waals surface area (Å²) in [5.74, 6) is -2.10. The van der Waals surface area contributed by atoms with Gasteiger partial charge in [0, 0.05) is 6.04 Å². The summed E-state index contributed by atoms with van der Waals surface area (Å²) >= 11 is 0. The Morgan fingerprint density at radius 1 is 1.36 bits per heavy atom. The van der Waals surface area contributed by atoms with Gasteiger partial charge in [0.1, 0.15) is 5.82 Å². The van der Waals surface area contributed by atoms with E-state index < -0.39 is 17.5 Å². The molecule has 1 aromatic carbocycles. The quantitative estimate of drug-likeness (QED) is 0.710. The first-order chi connectivity index (χ1) is 10.3. The van der Waals surface area contributed by atoms with Crippen LogP contribution < -0.4 is 15.1 Å². The average Bonchev–Trinajstić information content (AvgIpc) is 2.62. The van der Waals surface area contributed by atoms with Crippen molar-refractivity contribution < 1.29 is 23.7 Å². The molecule has 0 aromatic heterocycles. The van der Waals surface area contributed by atoms with Gasteiger partial charge in [-0.15, -0.1) is 0 Å². The first kappa shape index (κ1) is 16.1. The van der Waals surface area contributed by atoms with Crippen LogP contribution in [0.1, 0.15) is 24.2 Å². The van der Waals surface area contributed by atoms with Crippen LogP contribution >= 0.6 is 0 Å². The van der Waals surface area contributed by atoms with Crippen molar-refractivity contribution in [3.63, 3.8) is 0 Å². The molecule has 0 aliphatic carbocycles. The van der Waals surface area contributed by atoms with Crippen LogP contribution in [0, 0.1) is 5.82 Å². The minimum Gasteiger partial charge on any atom is -0.349 e. The maximum atomic E-state index is 13.2. The number of carbonyl (C=O) groups excluding carboxylic acids is 3. The van der Waals surface area contributed by atoms with E-state index in [1.165, 1.54) is 17.0 Å². The van der Waals surface area contributed by atoms with Crippen LogP contribution in [0.4, 0.5) is 10.1 Å². The largest absolute Gasteiger partial charge is 0.349 e. The number of carbonyl (C=O) groups is 3. The molecule has 1 unspecified atom stereocenters. The lowest BCUT2D eigenvalue weighted by molar-refractivity contribution is -0.869. The molecular formula is C15H19FN3O3+. The fraction of sp³-hybridized carbons (Fsp3) is 0.400. The Morgan fingerprint density at radius 2 is 2.05 bits per heavy atom. The summed E-state index contributed by atoms with van der Waals surface area (Å²) in [4.78, 5) is 37.6. The number of Topliss-reactive ketones (excluding diaryl/α,β-unsaturated/α-hetero) is 1. The maximum absolute atomic E-state index is 13.2. The molecule has 118 valence electrons. The van der Waals surface area contributed by atoms with E-state index in [1.807, 2.05) is 13.8 Å². The van der Waals surface area contributed by atoms with E-state index >= 15 is 0 Å². The number of rotatable bonds is 5. The Morgan fingerprint density at radius 3 is 2.68 bits per heavy atom. The van der Waals surface area contributed by atoms with Crippen LogP contribution in [0.3, 0.4) is 0 Å². The standard InChI is InChI=1S/C15H18FN3O3/c1-9(2)17-13(20)7-18(3)8-19-12-5-4-10(16)6-11(12)14(21)15(19)22/h4-6,9H,7-8H2,1-3H3,(H,17,20)/p+1. The topological polar surface area (TPSA) is 70.9 Å². The Kier molecular flexibility index (Phi) is 4.56. The van der Waals surface area contributed by atoms with Crippen LogP contribution in [0.25, 0.3) is 0 Å². The highest BCUT2D eigenvalue weighted by Crippen LogP contribution is 2.28. The van der Waals surface area contributed by atoms with Gasteiger partial charge in [0.2, 0.25) is 0 Å². The van der Waals surface area contributed by atoms with E-state index in [0.29, 0.717) is 5.69 Å². The summed E-state index contributed by atoms with van der Waals surface area (Å²) in [5.41, 5.74) is 0.462. The van der Waals surface area contributed by atoms with Crippen LogP contribution in [-0.2, 0) is 9.59 Å². The highest BCUT2D eigenvalue weighted by molar-refractivity contribution is 6.52. The lowest BCUT2D eigenvalue weighted by atomic mass is 10.1. The molecule has 0 saturated heterocycles. The first-order valence-electron chi connectivity index (χ1n) is 7.06. The van der Waals surface area contributed by atoms with Gasteiger partial charge in [-0.3, -0.25) is 19.3 Å². The minimum atomic E-state index is -0.714. The second kappa shape index (κ2) is 6.23. The predicted octanol–water partition coefficient (Wildman–Crippen LogP) is -0.648. The summed E-state index contributed by atoms with van der Waals surface area (Å²) in [5, 5.41) is 2.77. The molecule has 1 atom stereocenters. The Labute approximate surface area is 127 Å². The van der Waals surface area contributed by atoms with Crippen molar-refractivity contribution in [1.82, 2.24) is 5.32 Å². The fourth-order valence-electron chi connectivity index (χ4n) is 2.40. The van der Waals surface area contributed by atoms with Crippen LogP contribution in [-0.4, -0.2) is 43.9 Å². The first-order valence-corrected chi connectivity index (χ1v) is 7.06. The zero-order chi connectivity index (χ0) is 16.4. The molecule has 2 rings (SSSR count). The molecule has 0 radical (unpaired) electrons. The summed E-state index contributed by atoms with van der Waals surface area (Å²) < 4.78 is 13.2. The van der Waals surface area contributed by atoms with Crippen molar-refractivity contribution in [3.8, 4) is 0 Å². The number of fused-ring (bicyclic) bond motifs is 1. The summed E-state index contributed by atoms with van der Waals surface area (Å²) in [7, 11) is 1.75. The van der Waals surface area contributed by atoms with Crippen molar-refractivity contribution in [3.05, 3.63) is 29.6 Å². The maximum Gasteiger partial charge on any atom is 0.303 e. The Balaban J connectivity index is 2.09. The molecule has 0 bridgehead atoms. The normalized spacial score (nSPS) is 15.2. The van der Waals surface area contributed by atoms with E-state index in [0.717, 1.165) is 11.0 Å². The Hall–Kier alpha value is -2.28. The molecule has 0 fully saturated rings. The number of anilines is 1. The SMILES string of the molecule is CC(C)NC(=O)C[NH+](C)CN1C(=O)C(=O)c2cc(F)ccc21. The van der Waals surface area contributed by atoms with Gasteiger partial charge in [-0.05, 0) is 32.0 Å². The number of likely N-dealkylation sites (N-methyl/N-ethyl adjacent to an activating group) is 1. The van der Waals surface area contributed by atoms with Crippen LogP contribution in [0.2, 0.25) is 0 Å². The molecule has 2 amide bonds. The fourth-order valence-corrected chi connectivity index (χ4v) is 2.40. The Bertz CT molecular complexity index is 630. The summed E-state index contributed by atoms with van der Waals surface area (Å²) in [6.07, 6.45) is 0. The van der Waals surface area contributed by atoms with Gasteiger partial charge in [0.15, 0.2) is 13.2 Å². The molecular weight excluding hydrogens is 289 g/mol. The number of quaternary nitrogens is 1. The van der Waals surface area contributed by atoms with Gasteiger partial charge in [-0.1, -0.05) is 0 Å². The second-order valence-corrected chi connectivity index (χ2v) is 5.74. The number of benzene rings is 1. The van der Waals surface area contributed by atoms with Gasteiger partial charge in [-0.2, -0.15) is 0 Å². The molecule has 1 aromatic rings. The van der Waals surface area contributed by atoms with E-state index in [2.05, 4.69) is 5.32 Å². The monoisotopic (exact) mass is 308 g/mol. The number of nitrogens with zero attached hydrogens (tertiary/aromatic N) is 1. The van der Waals surface area contributed by atoms with Crippen molar-refractivity contribution in [1.29, 1.82) is 0 Å². The van der Waals surface area contributed by atoms with Crippen molar-refractivity contribution in [2.45, 2.75) is 19.9 Å². The third-order valence-electron chi connectivity index (χ3n) is 3.27. The summed E-state index contributed by atoms with van der Waals surface area (Å²) in [6.45, 7) is 4.06. The highest BCUT2D eigenvalue weighted by atomic mass is 19.1. The lowest BCUT2D eigenvalue weighted by Gasteiger charge is -2.21. The average molecular weight is 308 g/mol. The minimum absolute atomic E-state index is 0.0407. The molecule has 1 aliphatic rings. The van der Waals surface area contributed by atoms with E-state index in [9.17, 15) is 18.8 Å². The van der Waals surface area contributed by atoms with Gasteiger partial charge >= 0.3 is 5.91 Å². The number of amides is 2. The third kappa shape index (κ3) is 3.30. The predicted molar refractivity (Wildman–Crippen MR) is 78.1 cm³/mol. The van der Waals surface area contributed by atoms with Gasteiger partial charge in [0.05, 0.1) is 18.3 Å². The molecule has 1 heterocycles. The van der Waals surface area contributed by atoms with Gasteiger partial charge in [-0.25, -0.2) is 4.39 Å². The molecule has 6 nitrogen and oxygen atoms in total. The van der Waals surface area contributed by atoms with Gasteiger partial charge in [0.25, 0.3) is 11.7 Å². The van der Waals surface area contributed by atoms with Crippen molar-refractivity contribution >= 4 is 23.3 Å². The molecule has 7 heteroatoms. The molecule has 0 spiro atoms. The number of ketones is 1. The van der Waals surface area contributed by atoms with Crippen LogP contribution in [0.5, 0.6) is 0 Å². The zero-order valence-electron chi connectivity index (χ0n) is 12.8. The molecule has 22 heavy (non-hydrogen) atoms. The van der Waals surface area contributed by atoms with Crippen molar-refractivity contribution in [2.24, 2.45) is 0 Å². The number of nitrogens with one attached hydrogen (secondary N) is 2. The zero-order valence-corrected chi connectivity index (χ0v) is 12.8. The van der Waals surface area contributed by atoms with E-state index in [1.54, 1.807) is 7.05 Å². The molecule has 0 saturated carbocycles. The molecule has 1 aliphatic heterocycles. The summed E-state index contributed by atoms with van der Waals surface area (Å²) in [6, 6.07) is 3.73. The molecule has 2 N–H and O–H groups in total. The second-order valence-electron chi connectivity index (χ2n) is 5.74. The van der Waals surface area contributed by atoms with E-state index in [-0.39, 0.29) is 30.7 Å². The van der Waals surface area contributed by atoms with E-state index in [4.69, 9.17) is 0 Å². The number of hydrogen-bond acceptors (Lipinski definition) is 3. The van der Waals surface area contributed by atoms with Crippen molar-refractivity contribution in [2.75, 3.05) is 25.2 Å². The smallest absolute Gasteiger partial charge is 0.303 e. The number of hydrogen-bond donors (Lipinski definition) is 2. The highest BCUT2D eigenvalue weighted by Gasteiger charge is 2.37. The van der Waals surface area contributed by atoms with Crippen LogP contribution in [0.15, 0.2) is 18.2 Å². The number of halogens is 1.